The first-order chi connectivity index (χ1) is 12.2. The Bertz CT molecular complexity index is 857. The first kappa shape index (κ1) is 17.5. The molecule has 3 rings (SSSR count). The third-order valence-electron chi connectivity index (χ3n) is 3.48. The minimum Gasteiger partial charge on any atom is -0.494 e. The van der Waals surface area contributed by atoms with E-state index in [9.17, 15) is 0 Å². The van der Waals surface area contributed by atoms with Gasteiger partial charge in [0.2, 0.25) is 5.13 Å². The molecule has 4 nitrogen and oxygen atoms in total. The van der Waals surface area contributed by atoms with Crippen molar-refractivity contribution in [2.75, 3.05) is 12.0 Å². The summed E-state index contributed by atoms with van der Waals surface area (Å²) in [6, 6.07) is 15.9. The van der Waals surface area contributed by atoms with E-state index < -0.39 is 0 Å². The molecule has 3 aromatic rings. The highest BCUT2D eigenvalue weighted by Gasteiger charge is 2.11. The number of thiazole rings is 1. The van der Waals surface area contributed by atoms with Crippen LogP contribution in [0.4, 0.5) is 5.13 Å². The molecule has 0 atom stereocenters. The second kappa shape index (κ2) is 8.14. The maximum absolute atomic E-state index is 6.33. The summed E-state index contributed by atoms with van der Waals surface area (Å²) in [5, 5.41) is 4.87. The fourth-order valence-electron chi connectivity index (χ4n) is 2.22. The molecule has 0 amide bonds. The molecule has 0 saturated carbocycles. The molecule has 1 heterocycles. The molecule has 2 aromatic carbocycles. The van der Waals surface area contributed by atoms with E-state index >= 15 is 0 Å². The average Bonchev–Trinajstić information content (AvgIpc) is 2.98. The number of nitrogens with one attached hydrogen (secondary N) is 1. The Morgan fingerprint density at radius 3 is 2.56 bits per heavy atom. The fraction of sp³-hybridized carbons (Fsp3) is 0.158. The third kappa shape index (κ3) is 4.59. The van der Waals surface area contributed by atoms with Crippen LogP contribution in [-0.2, 0) is 0 Å². The number of nitrogens with zero attached hydrogens (tertiary/aromatic N) is 2. The van der Waals surface area contributed by atoms with Gasteiger partial charge in [0, 0.05) is 5.56 Å². The first-order valence-electron chi connectivity index (χ1n) is 7.91. The summed E-state index contributed by atoms with van der Waals surface area (Å²) in [7, 11) is 0. The standard InChI is InChI=1S/C19H18ClN3OS/c1-3-24-16-10-8-15(9-11-16)17-18(20)25-19(22-17)23-21-12-14-6-4-13(2)5-7-14/h4-12H,3H2,1-2H3,(H,22,23)/b21-12+. The number of ether oxygens (including phenoxy) is 1. The monoisotopic (exact) mass is 371 g/mol. The predicted octanol–water partition coefficient (Wildman–Crippen LogP) is 5.62. The molecule has 1 N–H and O–H groups in total. The van der Waals surface area contributed by atoms with Crippen LogP contribution in [0.25, 0.3) is 11.3 Å². The molecule has 6 heteroatoms. The van der Waals surface area contributed by atoms with Crippen molar-refractivity contribution < 1.29 is 4.74 Å². The van der Waals surface area contributed by atoms with Gasteiger partial charge in [0.1, 0.15) is 15.8 Å². The van der Waals surface area contributed by atoms with Crippen LogP contribution >= 0.6 is 22.9 Å². The summed E-state index contributed by atoms with van der Waals surface area (Å²) < 4.78 is 6.07. The lowest BCUT2D eigenvalue weighted by Gasteiger charge is -2.03. The van der Waals surface area contributed by atoms with E-state index in [-0.39, 0.29) is 0 Å². The van der Waals surface area contributed by atoms with E-state index in [1.165, 1.54) is 16.9 Å². The molecular formula is C19H18ClN3OS. The van der Waals surface area contributed by atoms with Crippen molar-refractivity contribution >= 4 is 34.3 Å². The zero-order valence-electron chi connectivity index (χ0n) is 14.0. The lowest BCUT2D eigenvalue weighted by atomic mass is 10.2. The third-order valence-corrected chi connectivity index (χ3v) is 4.63. The molecule has 0 aliphatic rings. The largest absolute Gasteiger partial charge is 0.494 e. The highest BCUT2D eigenvalue weighted by molar-refractivity contribution is 7.20. The van der Waals surface area contributed by atoms with E-state index in [0.29, 0.717) is 16.1 Å². The minimum absolute atomic E-state index is 0.622. The quantitative estimate of drug-likeness (QED) is 0.452. The molecular weight excluding hydrogens is 354 g/mol. The van der Waals surface area contributed by atoms with Gasteiger partial charge >= 0.3 is 0 Å². The van der Waals surface area contributed by atoms with Crippen LogP contribution in [0, 0.1) is 6.92 Å². The van der Waals surface area contributed by atoms with Crippen molar-refractivity contribution in [3.63, 3.8) is 0 Å². The summed E-state index contributed by atoms with van der Waals surface area (Å²) in [5.41, 5.74) is 6.86. The van der Waals surface area contributed by atoms with Gasteiger partial charge in [-0.15, -0.1) is 0 Å². The minimum atomic E-state index is 0.622. The lowest BCUT2D eigenvalue weighted by Crippen LogP contribution is -1.91. The van der Waals surface area contributed by atoms with Gasteiger partial charge in [-0.3, -0.25) is 5.43 Å². The van der Waals surface area contributed by atoms with Gasteiger partial charge in [0.15, 0.2) is 0 Å². The number of rotatable bonds is 6. The van der Waals surface area contributed by atoms with Crippen LogP contribution in [0.5, 0.6) is 5.75 Å². The Labute approximate surface area is 156 Å². The number of benzene rings is 2. The Hall–Kier alpha value is -2.37. The van der Waals surface area contributed by atoms with Gasteiger partial charge in [0.25, 0.3) is 0 Å². The Balaban J connectivity index is 1.70. The molecule has 25 heavy (non-hydrogen) atoms. The summed E-state index contributed by atoms with van der Waals surface area (Å²) in [5.74, 6) is 0.832. The van der Waals surface area contributed by atoms with Gasteiger partial charge in [-0.25, -0.2) is 4.98 Å². The Morgan fingerprint density at radius 2 is 1.88 bits per heavy atom. The average molecular weight is 372 g/mol. The van der Waals surface area contributed by atoms with Crippen molar-refractivity contribution in [2.45, 2.75) is 13.8 Å². The van der Waals surface area contributed by atoms with Gasteiger partial charge in [0.05, 0.1) is 12.8 Å². The number of anilines is 1. The first-order valence-corrected chi connectivity index (χ1v) is 9.10. The highest BCUT2D eigenvalue weighted by atomic mass is 35.5. The topological polar surface area (TPSA) is 46.5 Å². The summed E-state index contributed by atoms with van der Waals surface area (Å²) in [6.07, 6.45) is 1.76. The van der Waals surface area contributed by atoms with Gasteiger partial charge in [-0.05, 0) is 43.7 Å². The smallest absolute Gasteiger partial charge is 0.205 e. The molecule has 0 saturated heterocycles. The number of hydrogen-bond donors (Lipinski definition) is 1. The summed E-state index contributed by atoms with van der Waals surface area (Å²) in [6.45, 7) is 4.66. The molecule has 128 valence electrons. The van der Waals surface area contributed by atoms with Crippen molar-refractivity contribution in [3.05, 3.63) is 64.0 Å². The van der Waals surface area contributed by atoms with Crippen LogP contribution in [-0.4, -0.2) is 17.8 Å². The molecule has 0 fully saturated rings. The Kier molecular flexibility index (Phi) is 5.68. The van der Waals surface area contributed by atoms with Crippen LogP contribution in [0.3, 0.4) is 0 Å². The van der Waals surface area contributed by atoms with E-state index in [1.807, 2.05) is 55.5 Å². The lowest BCUT2D eigenvalue weighted by molar-refractivity contribution is 0.340. The van der Waals surface area contributed by atoms with Gasteiger partial charge < -0.3 is 4.74 Å². The molecule has 0 aliphatic heterocycles. The second-order valence-electron chi connectivity index (χ2n) is 5.38. The zero-order valence-corrected chi connectivity index (χ0v) is 15.6. The highest BCUT2D eigenvalue weighted by Crippen LogP contribution is 2.35. The number of aryl methyl sites for hydroxylation is 1. The molecule has 0 bridgehead atoms. The van der Waals surface area contributed by atoms with Crippen LogP contribution in [0.2, 0.25) is 4.34 Å². The number of hydrogen-bond acceptors (Lipinski definition) is 5. The van der Waals surface area contributed by atoms with Crippen molar-refractivity contribution in [3.8, 4) is 17.0 Å². The van der Waals surface area contributed by atoms with E-state index in [0.717, 1.165) is 22.6 Å². The molecule has 0 unspecified atom stereocenters. The predicted molar refractivity (Wildman–Crippen MR) is 106 cm³/mol. The maximum atomic E-state index is 6.33. The number of hydrazone groups is 1. The van der Waals surface area contributed by atoms with Crippen LogP contribution in [0.1, 0.15) is 18.1 Å². The van der Waals surface area contributed by atoms with Crippen molar-refractivity contribution in [1.29, 1.82) is 0 Å². The van der Waals surface area contributed by atoms with Crippen molar-refractivity contribution in [2.24, 2.45) is 5.10 Å². The maximum Gasteiger partial charge on any atom is 0.205 e. The molecule has 0 radical (unpaired) electrons. The summed E-state index contributed by atoms with van der Waals surface area (Å²) >= 11 is 7.69. The van der Waals surface area contributed by atoms with E-state index in [4.69, 9.17) is 16.3 Å². The number of halogens is 1. The van der Waals surface area contributed by atoms with E-state index in [2.05, 4.69) is 22.4 Å². The zero-order chi connectivity index (χ0) is 17.6. The Morgan fingerprint density at radius 1 is 1.16 bits per heavy atom. The summed E-state index contributed by atoms with van der Waals surface area (Å²) in [4.78, 5) is 4.52. The van der Waals surface area contributed by atoms with Gasteiger partial charge in [-0.2, -0.15) is 5.10 Å². The van der Waals surface area contributed by atoms with Crippen LogP contribution in [0.15, 0.2) is 53.6 Å². The normalized spacial score (nSPS) is 11.0. The molecule has 0 spiro atoms. The fourth-order valence-corrected chi connectivity index (χ4v) is 3.25. The van der Waals surface area contributed by atoms with Crippen LogP contribution < -0.4 is 10.2 Å². The molecule has 0 aliphatic carbocycles. The SMILES string of the molecule is CCOc1ccc(-c2nc(N/N=C/c3ccc(C)cc3)sc2Cl)cc1. The molecule has 1 aromatic heterocycles. The van der Waals surface area contributed by atoms with E-state index in [1.54, 1.807) is 6.21 Å². The number of aromatic nitrogens is 1. The van der Waals surface area contributed by atoms with Gasteiger partial charge in [-0.1, -0.05) is 52.8 Å². The van der Waals surface area contributed by atoms with Crippen molar-refractivity contribution in [1.82, 2.24) is 4.98 Å². The second-order valence-corrected chi connectivity index (χ2v) is 6.98.